The van der Waals surface area contributed by atoms with E-state index in [9.17, 15) is 4.79 Å². The monoisotopic (exact) mass is 166 g/mol. The van der Waals surface area contributed by atoms with Crippen LogP contribution in [0, 0.1) is 17.4 Å². The van der Waals surface area contributed by atoms with Gasteiger partial charge in [-0.3, -0.25) is 4.79 Å². The van der Waals surface area contributed by atoms with Gasteiger partial charge in [-0.05, 0) is 0 Å². The first kappa shape index (κ1) is 9.99. The molecule has 0 aliphatic heterocycles. The van der Waals surface area contributed by atoms with E-state index in [1.54, 1.807) is 0 Å². The van der Waals surface area contributed by atoms with E-state index in [1.807, 2.05) is 0 Å². The van der Waals surface area contributed by atoms with E-state index in [4.69, 9.17) is 16.1 Å². The molecule has 62 valence electrons. The Hall–Kier alpha value is -2.01. The molecular weight excluding hydrogens is 158 g/mol. The van der Waals surface area contributed by atoms with Crippen molar-refractivity contribution < 1.29 is 9.90 Å². The molecule has 0 aromatic heterocycles. The van der Waals surface area contributed by atoms with Gasteiger partial charge in [-0.1, -0.05) is 4.85 Å². The number of nitriles is 1. The molecule has 0 saturated carbocycles. The average molecular weight is 166 g/mol. The molecule has 5 nitrogen and oxygen atoms in total. The Kier molecular flexibility index (Phi) is 3.96. The number of primary amides is 1. The molecule has 3 N–H and O–H groups in total. The Labute approximate surface area is 69.5 Å². The summed E-state index contributed by atoms with van der Waals surface area (Å²) >= 11 is 0. The van der Waals surface area contributed by atoms with Crippen molar-refractivity contribution >= 4 is 5.91 Å². The standard InChI is InChI=1S/C7H7N3O2/c1-2-10-4-6(11)5(3-8)7(9)12/h4H2,1H3,(H2-,9,11,12)/p+1. The summed E-state index contributed by atoms with van der Waals surface area (Å²) in [6.45, 7) is 1.38. The summed E-state index contributed by atoms with van der Waals surface area (Å²) in [4.78, 5) is 14.0. The third-order valence-corrected chi connectivity index (χ3v) is 1.03. The second-order valence-corrected chi connectivity index (χ2v) is 1.84. The van der Waals surface area contributed by atoms with Gasteiger partial charge in [0.1, 0.15) is 6.07 Å². The fourth-order valence-corrected chi connectivity index (χ4v) is 0.495. The number of nitrogens with zero attached hydrogens (tertiary/aromatic N) is 2. The second kappa shape index (κ2) is 4.75. The predicted molar refractivity (Wildman–Crippen MR) is 42.3 cm³/mol. The van der Waals surface area contributed by atoms with E-state index in [-0.39, 0.29) is 6.54 Å². The Bertz CT molecular complexity index is 314. The van der Waals surface area contributed by atoms with Crippen molar-refractivity contribution in [2.24, 2.45) is 5.73 Å². The molecule has 0 atom stereocenters. The van der Waals surface area contributed by atoms with Gasteiger partial charge in [-0.25, -0.2) is 0 Å². The van der Waals surface area contributed by atoms with E-state index in [0.717, 1.165) is 0 Å². The van der Waals surface area contributed by atoms with Gasteiger partial charge in [0, 0.05) is 0 Å². The van der Waals surface area contributed by atoms with Gasteiger partial charge in [-0.15, -0.1) is 0 Å². The normalized spacial score (nSPS) is 10.3. The molecule has 12 heavy (non-hydrogen) atoms. The number of hydrogen-bond donors (Lipinski definition) is 2. The predicted octanol–water partition coefficient (Wildman–Crippen LogP) is 0.160. The van der Waals surface area contributed by atoms with Crippen LogP contribution in [-0.4, -0.2) is 17.6 Å². The van der Waals surface area contributed by atoms with E-state index in [2.05, 4.69) is 10.9 Å². The number of carbonyl (C=O) groups is 1. The first-order chi connectivity index (χ1) is 5.63. The highest BCUT2D eigenvalue weighted by Gasteiger charge is 2.14. The number of aliphatic hydroxyl groups excluding tert-OH is 1. The first-order valence-corrected chi connectivity index (χ1v) is 3.08. The van der Waals surface area contributed by atoms with Crippen molar-refractivity contribution in [1.82, 2.24) is 0 Å². The van der Waals surface area contributed by atoms with Crippen molar-refractivity contribution in [3.05, 3.63) is 16.2 Å². The fourth-order valence-electron chi connectivity index (χ4n) is 0.495. The zero-order valence-electron chi connectivity index (χ0n) is 6.53. The van der Waals surface area contributed by atoms with E-state index in [0.29, 0.717) is 0 Å². The van der Waals surface area contributed by atoms with E-state index >= 15 is 0 Å². The lowest BCUT2D eigenvalue weighted by Gasteiger charge is -1.89. The molecule has 0 fully saturated rings. The highest BCUT2D eigenvalue weighted by atomic mass is 16.3. The number of nitrogens with two attached hydrogens (primary N) is 1. The van der Waals surface area contributed by atoms with Crippen molar-refractivity contribution in [3.63, 3.8) is 0 Å². The third-order valence-electron chi connectivity index (χ3n) is 1.03. The molecule has 0 aliphatic rings. The first-order valence-electron chi connectivity index (χ1n) is 3.08. The van der Waals surface area contributed by atoms with Crippen LogP contribution in [-0.2, 0) is 4.79 Å². The van der Waals surface area contributed by atoms with Crippen LogP contribution in [0.25, 0.3) is 4.85 Å². The van der Waals surface area contributed by atoms with Crippen molar-refractivity contribution in [1.29, 1.82) is 5.26 Å². The molecule has 0 heterocycles. The minimum atomic E-state index is -0.957. The molecule has 0 bridgehead atoms. The van der Waals surface area contributed by atoms with Crippen molar-refractivity contribution in [3.8, 4) is 12.1 Å². The van der Waals surface area contributed by atoms with Crippen LogP contribution in [0.3, 0.4) is 0 Å². The summed E-state index contributed by atoms with van der Waals surface area (Å²) in [5.41, 5.74) is 4.31. The smallest absolute Gasteiger partial charge is 0.320 e. The third kappa shape index (κ3) is 2.72. The maximum Gasteiger partial charge on any atom is 0.320 e. The molecule has 0 aromatic carbocycles. The number of carbonyl (C=O) groups excluding carboxylic acids is 1. The van der Waals surface area contributed by atoms with E-state index in [1.165, 1.54) is 13.0 Å². The largest absolute Gasteiger partial charge is 0.504 e. The second-order valence-electron chi connectivity index (χ2n) is 1.84. The van der Waals surface area contributed by atoms with Crippen LogP contribution in [0.15, 0.2) is 11.3 Å². The number of amides is 1. The molecule has 0 spiro atoms. The number of aliphatic hydroxyl groups is 1. The van der Waals surface area contributed by atoms with Gasteiger partial charge in [0.25, 0.3) is 12.0 Å². The van der Waals surface area contributed by atoms with Gasteiger partial charge in [-0.2, -0.15) is 5.26 Å². The van der Waals surface area contributed by atoms with Gasteiger partial charge >= 0.3 is 6.54 Å². The molecule has 0 radical (unpaired) electrons. The molecule has 0 unspecified atom stereocenters. The van der Waals surface area contributed by atoms with Gasteiger partial charge < -0.3 is 10.8 Å². The Morgan fingerprint density at radius 1 is 1.75 bits per heavy atom. The average Bonchev–Trinajstić information content (AvgIpc) is 2.01. The SMILES string of the molecule is CC#[N+]C/C(O)=C(\C#N)C(N)=O. The van der Waals surface area contributed by atoms with Gasteiger partial charge in [0.05, 0.1) is 6.92 Å². The highest BCUT2D eigenvalue weighted by molar-refractivity contribution is 5.96. The summed E-state index contributed by atoms with van der Waals surface area (Å²) < 4.78 is 0. The van der Waals surface area contributed by atoms with Crippen molar-refractivity contribution in [2.75, 3.05) is 6.54 Å². The molecular formula is C7H8N3O2+. The quantitative estimate of drug-likeness (QED) is 0.347. The van der Waals surface area contributed by atoms with Gasteiger partial charge in [0.15, 0.2) is 5.57 Å². The summed E-state index contributed by atoms with van der Waals surface area (Å²) in [5.74, 6) is -1.39. The van der Waals surface area contributed by atoms with Crippen LogP contribution in [0.5, 0.6) is 0 Å². The molecule has 0 rings (SSSR count). The fraction of sp³-hybridized carbons (Fsp3) is 0.286. The Balaban J connectivity index is 4.72. The Morgan fingerprint density at radius 2 is 2.33 bits per heavy atom. The summed E-state index contributed by atoms with van der Waals surface area (Å²) in [5, 5.41) is 17.4. The lowest BCUT2D eigenvalue weighted by Crippen LogP contribution is -2.15. The summed E-state index contributed by atoms with van der Waals surface area (Å²) in [6.07, 6.45) is 0. The van der Waals surface area contributed by atoms with E-state index < -0.39 is 17.2 Å². The molecule has 1 amide bonds. The molecule has 5 heteroatoms. The maximum absolute atomic E-state index is 10.5. The van der Waals surface area contributed by atoms with Crippen LogP contribution in [0.4, 0.5) is 0 Å². The highest BCUT2D eigenvalue weighted by Crippen LogP contribution is 1.99. The number of rotatable bonds is 2. The van der Waals surface area contributed by atoms with Crippen molar-refractivity contribution in [2.45, 2.75) is 6.92 Å². The van der Waals surface area contributed by atoms with Crippen LogP contribution < -0.4 is 5.73 Å². The number of hydrogen-bond acceptors (Lipinski definition) is 3. The van der Waals surface area contributed by atoms with Crippen LogP contribution in [0.2, 0.25) is 0 Å². The summed E-state index contributed by atoms with van der Waals surface area (Å²) in [7, 11) is 0. The summed E-state index contributed by atoms with van der Waals surface area (Å²) in [6, 6.07) is 3.86. The minimum Gasteiger partial charge on any atom is -0.504 e. The zero-order chi connectivity index (χ0) is 9.56. The van der Waals surface area contributed by atoms with Crippen LogP contribution >= 0.6 is 0 Å². The lowest BCUT2D eigenvalue weighted by atomic mass is 10.2. The minimum absolute atomic E-state index is 0.150. The molecule has 0 saturated heterocycles. The maximum atomic E-state index is 10.5. The Morgan fingerprint density at radius 3 is 2.67 bits per heavy atom. The molecule has 0 aromatic rings. The van der Waals surface area contributed by atoms with Gasteiger partial charge in [0.2, 0.25) is 5.76 Å². The zero-order valence-corrected chi connectivity index (χ0v) is 6.53. The lowest BCUT2D eigenvalue weighted by molar-refractivity contribution is -0.114. The molecule has 0 aliphatic carbocycles. The van der Waals surface area contributed by atoms with Crippen LogP contribution in [0.1, 0.15) is 6.92 Å². The topological polar surface area (TPSA) is 91.5 Å².